The standard InChI is InChI=1S/C12H14N2O2/c1-13-7-12(15)10-6-14-11-5-8(16-2)3-4-9(10)11/h3-6,13-14H,7H2,1-2H3. The Bertz CT molecular complexity index is 517. The highest BCUT2D eigenvalue weighted by Gasteiger charge is 2.11. The van der Waals surface area contributed by atoms with Crippen LogP contribution in [-0.2, 0) is 0 Å². The summed E-state index contributed by atoms with van der Waals surface area (Å²) in [6.07, 6.45) is 1.74. The number of fused-ring (bicyclic) bond motifs is 1. The molecular weight excluding hydrogens is 204 g/mol. The molecule has 0 saturated carbocycles. The fourth-order valence-electron chi connectivity index (χ4n) is 1.72. The summed E-state index contributed by atoms with van der Waals surface area (Å²) >= 11 is 0. The Morgan fingerprint density at radius 2 is 2.31 bits per heavy atom. The third-order valence-electron chi connectivity index (χ3n) is 2.53. The topological polar surface area (TPSA) is 54.1 Å². The van der Waals surface area contributed by atoms with Gasteiger partial charge in [-0.15, -0.1) is 0 Å². The van der Waals surface area contributed by atoms with Crippen molar-refractivity contribution < 1.29 is 9.53 Å². The fraction of sp³-hybridized carbons (Fsp3) is 0.250. The first-order chi connectivity index (χ1) is 7.76. The van der Waals surface area contributed by atoms with Gasteiger partial charge < -0.3 is 15.0 Å². The molecule has 4 nitrogen and oxygen atoms in total. The van der Waals surface area contributed by atoms with Gasteiger partial charge in [0.15, 0.2) is 5.78 Å². The van der Waals surface area contributed by atoms with E-state index >= 15 is 0 Å². The molecule has 0 atom stereocenters. The van der Waals surface area contributed by atoms with E-state index in [1.54, 1.807) is 20.4 Å². The molecule has 2 aromatic rings. The van der Waals surface area contributed by atoms with Gasteiger partial charge in [0.1, 0.15) is 5.75 Å². The quantitative estimate of drug-likeness (QED) is 0.766. The second-order valence-electron chi connectivity index (χ2n) is 3.57. The molecule has 0 aliphatic rings. The predicted molar refractivity (Wildman–Crippen MR) is 63.1 cm³/mol. The van der Waals surface area contributed by atoms with Gasteiger partial charge in [-0.25, -0.2) is 0 Å². The molecule has 2 rings (SSSR count). The van der Waals surface area contributed by atoms with Gasteiger partial charge in [-0.05, 0) is 19.2 Å². The van der Waals surface area contributed by atoms with Crippen LogP contribution in [0.2, 0.25) is 0 Å². The maximum Gasteiger partial charge on any atom is 0.178 e. The molecule has 0 saturated heterocycles. The lowest BCUT2D eigenvalue weighted by molar-refractivity contribution is 0.0995. The Morgan fingerprint density at radius 1 is 1.50 bits per heavy atom. The summed E-state index contributed by atoms with van der Waals surface area (Å²) in [6.45, 7) is 0.346. The molecule has 0 fully saturated rings. The number of hydrogen-bond donors (Lipinski definition) is 2. The number of likely N-dealkylation sites (N-methyl/N-ethyl adjacent to an activating group) is 1. The summed E-state index contributed by atoms with van der Waals surface area (Å²) in [5.41, 5.74) is 1.63. The number of aromatic nitrogens is 1. The predicted octanol–water partition coefficient (Wildman–Crippen LogP) is 1.58. The van der Waals surface area contributed by atoms with Crippen LogP contribution in [0.15, 0.2) is 24.4 Å². The number of Topliss-reactive ketones (excluding diaryl/α,β-unsaturated/α-hetero) is 1. The zero-order valence-corrected chi connectivity index (χ0v) is 9.33. The normalized spacial score (nSPS) is 10.6. The minimum atomic E-state index is 0.0823. The van der Waals surface area contributed by atoms with E-state index in [1.165, 1.54) is 0 Å². The fourth-order valence-corrected chi connectivity index (χ4v) is 1.72. The molecule has 0 aliphatic carbocycles. The number of aromatic amines is 1. The molecule has 0 spiro atoms. The molecule has 0 bridgehead atoms. The highest BCUT2D eigenvalue weighted by molar-refractivity contribution is 6.08. The number of ether oxygens (including phenoxy) is 1. The Labute approximate surface area is 93.6 Å². The van der Waals surface area contributed by atoms with Crippen molar-refractivity contribution in [3.63, 3.8) is 0 Å². The van der Waals surface area contributed by atoms with Gasteiger partial charge in [0.2, 0.25) is 0 Å². The van der Waals surface area contributed by atoms with Crippen molar-refractivity contribution in [1.82, 2.24) is 10.3 Å². The lowest BCUT2D eigenvalue weighted by Gasteiger charge is -2.00. The Hall–Kier alpha value is -1.81. The zero-order chi connectivity index (χ0) is 11.5. The summed E-state index contributed by atoms with van der Waals surface area (Å²) in [5.74, 6) is 0.862. The van der Waals surface area contributed by atoms with E-state index in [4.69, 9.17) is 4.74 Å². The van der Waals surface area contributed by atoms with Crippen molar-refractivity contribution in [2.75, 3.05) is 20.7 Å². The highest BCUT2D eigenvalue weighted by Crippen LogP contribution is 2.23. The minimum absolute atomic E-state index is 0.0823. The lowest BCUT2D eigenvalue weighted by atomic mass is 10.1. The summed E-state index contributed by atoms with van der Waals surface area (Å²) in [5, 5.41) is 3.79. The SMILES string of the molecule is CNCC(=O)c1c[nH]c2cc(OC)ccc12. The Balaban J connectivity index is 2.45. The highest BCUT2D eigenvalue weighted by atomic mass is 16.5. The van der Waals surface area contributed by atoms with Crippen molar-refractivity contribution in [3.8, 4) is 5.75 Å². The molecule has 2 N–H and O–H groups in total. The molecule has 0 radical (unpaired) electrons. The molecule has 0 aliphatic heterocycles. The number of nitrogens with one attached hydrogen (secondary N) is 2. The van der Waals surface area contributed by atoms with Crippen LogP contribution in [0.1, 0.15) is 10.4 Å². The lowest BCUT2D eigenvalue weighted by Crippen LogP contribution is -2.18. The average molecular weight is 218 g/mol. The molecule has 1 aromatic heterocycles. The number of benzene rings is 1. The van der Waals surface area contributed by atoms with Crippen molar-refractivity contribution in [2.45, 2.75) is 0 Å². The van der Waals surface area contributed by atoms with E-state index in [0.29, 0.717) is 12.1 Å². The summed E-state index contributed by atoms with van der Waals surface area (Å²) in [4.78, 5) is 14.8. The Kier molecular flexibility index (Phi) is 2.92. The van der Waals surface area contributed by atoms with Crippen LogP contribution >= 0.6 is 0 Å². The van der Waals surface area contributed by atoms with Crippen LogP contribution in [0, 0.1) is 0 Å². The van der Waals surface area contributed by atoms with E-state index in [2.05, 4.69) is 10.3 Å². The van der Waals surface area contributed by atoms with Gasteiger partial charge in [0, 0.05) is 28.7 Å². The first-order valence-corrected chi connectivity index (χ1v) is 5.09. The number of methoxy groups -OCH3 is 1. The van der Waals surface area contributed by atoms with Gasteiger partial charge in [-0.3, -0.25) is 4.79 Å². The van der Waals surface area contributed by atoms with Crippen molar-refractivity contribution in [3.05, 3.63) is 30.0 Å². The smallest absolute Gasteiger partial charge is 0.178 e. The molecule has 1 aromatic carbocycles. The summed E-state index contributed by atoms with van der Waals surface area (Å²) < 4.78 is 5.12. The maximum absolute atomic E-state index is 11.8. The van der Waals surface area contributed by atoms with Crippen molar-refractivity contribution >= 4 is 16.7 Å². The molecular formula is C12H14N2O2. The van der Waals surface area contributed by atoms with Gasteiger partial charge in [0.05, 0.1) is 13.7 Å². The number of rotatable bonds is 4. The van der Waals surface area contributed by atoms with Crippen LogP contribution in [0.4, 0.5) is 0 Å². The Morgan fingerprint density at radius 3 is 3.00 bits per heavy atom. The van der Waals surface area contributed by atoms with Crippen molar-refractivity contribution in [1.29, 1.82) is 0 Å². The second kappa shape index (κ2) is 4.37. The molecule has 84 valence electrons. The maximum atomic E-state index is 11.8. The van der Waals surface area contributed by atoms with Crippen molar-refractivity contribution in [2.24, 2.45) is 0 Å². The molecule has 16 heavy (non-hydrogen) atoms. The zero-order valence-electron chi connectivity index (χ0n) is 9.33. The van der Waals surface area contributed by atoms with Gasteiger partial charge in [-0.2, -0.15) is 0 Å². The molecule has 4 heteroatoms. The van der Waals surface area contributed by atoms with Crippen LogP contribution < -0.4 is 10.1 Å². The number of carbonyl (C=O) groups is 1. The first-order valence-electron chi connectivity index (χ1n) is 5.09. The van der Waals surface area contributed by atoms with E-state index in [9.17, 15) is 4.79 Å². The van der Waals surface area contributed by atoms with E-state index < -0.39 is 0 Å². The van der Waals surface area contributed by atoms with Gasteiger partial charge in [-0.1, -0.05) is 0 Å². The molecule has 0 amide bonds. The number of carbonyl (C=O) groups excluding carboxylic acids is 1. The average Bonchev–Trinajstić information content (AvgIpc) is 2.71. The first kappa shape index (κ1) is 10.7. The number of ketones is 1. The molecule has 0 unspecified atom stereocenters. The third kappa shape index (κ3) is 1.79. The van der Waals surface area contributed by atoms with Crippen LogP contribution in [0.5, 0.6) is 5.75 Å². The van der Waals surface area contributed by atoms with E-state index in [0.717, 1.165) is 16.7 Å². The van der Waals surface area contributed by atoms with Crippen LogP contribution in [0.25, 0.3) is 10.9 Å². The number of hydrogen-bond acceptors (Lipinski definition) is 3. The minimum Gasteiger partial charge on any atom is -0.497 e. The van der Waals surface area contributed by atoms with E-state index in [-0.39, 0.29) is 5.78 Å². The summed E-state index contributed by atoms with van der Waals surface area (Å²) in [6, 6.07) is 5.63. The molecule has 1 heterocycles. The monoisotopic (exact) mass is 218 g/mol. The second-order valence-corrected chi connectivity index (χ2v) is 3.57. The summed E-state index contributed by atoms with van der Waals surface area (Å²) in [7, 11) is 3.38. The van der Waals surface area contributed by atoms with Crippen LogP contribution in [-0.4, -0.2) is 31.5 Å². The number of H-pyrrole nitrogens is 1. The third-order valence-corrected chi connectivity index (χ3v) is 2.53. The largest absolute Gasteiger partial charge is 0.497 e. The van der Waals surface area contributed by atoms with Crippen LogP contribution in [0.3, 0.4) is 0 Å². The van der Waals surface area contributed by atoms with Gasteiger partial charge in [0.25, 0.3) is 0 Å². The van der Waals surface area contributed by atoms with Gasteiger partial charge >= 0.3 is 0 Å². The van der Waals surface area contributed by atoms with E-state index in [1.807, 2.05) is 18.2 Å².